The van der Waals surface area contributed by atoms with Gasteiger partial charge in [0.25, 0.3) is 5.56 Å². The molecule has 0 unspecified atom stereocenters. The summed E-state index contributed by atoms with van der Waals surface area (Å²) in [5.41, 5.74) is 5.34. The molecule has 4 atom stereocenters. The van der Waals surface area contributed by atoms with E-state index in [0.29, 0.717) is 25.1 Å². The summed E-state index contributed by atoms with van der Waals surface area (Å²) in [4.78, 5) is 32.2. The quantitative estimate of drug-likeness (QED) is 0.663. The topological polar surface area (TPSA) is 128 Å². The number of aliphatic hydroxyl groups excluding tert-OH is 1. The van der Waals surface area contributed by atoms with Crippen LogP contribution in [0.2, 0.25) is 0 Å². The Morgan fingerprint density at radius 1 is 1.50 bits per heavy atom. The lowest BCUT2D eigenvalue weighted by molar-refractivity contribution is -0.0650. The molecule has 2 aromatic heterocycles. The van der Waals surface area contributed by atoms with Gasteiger partial charge >= 0.3 is 5.69 Å². The molecule has 0 amide bonds. The minimum absolute atomic E-state index is 0.0131. The molecule has 0 radical (unpaired) electrons. The zero-order valence-corrected chi connectivity index (χ0v) is 16.0. The highest BCUT2D eigenvalue weighted by atomic mass is 32.2. The smallest absolute Gasteiger partial charge is 0.332 e. The Morgan fingerprint density at radius 2 is 2.23 bits per heavy atom. The summed E-state index contributed by atoms with van der Waals surface area (Å²) in [7, 11) is 0. The van der Waals surface area contributed by atoms with E-state index in [4.69, 9.17) is 10.5 Å². The van der Waals surface area contributed by atoms with Crippen LogP contribution in [-0.2, 0) is 11.3 Å². The third kappa shape index (κ3) is 3.17. The first-order chi connectivity index (χ1) is 12.4. The van der Waals surface area contributed by atoms with Crippen molar-refractivity contribution in [2.45, 2.75) is 51.7 Å². The highest BCUT2D eigenvalue weighted by Crippen LogP contribution is 2.36. The molecule has 4 N–H and O–H groups in total. The number of nitrogens with one attached hydrogen (secondary N) is 1. The molecule has 2 aromatic rings. The number of anilines is 1. The van der Waals surface area contributed by atoms with Crippen LogP contribution in [0.4, 0.5) is 5.95 Å². The largest absolute Gasteiger partial charge is 0.390 e. The van der Waals surface area contributed by atoms with E-state index in [0.717, 1.165) is 0 Å². The highest BCUT2D eigenvalue weighted by molar-refractivity contribution is 7.98. The average Bonchev–Trinajstić information content (AvgIpc) is 3.09. The van der Waals surface area contributed by atoms with Crippen LogP contribution in [0.1, 0.15) is 32.9 Å². The molecule has 9 nitrogen and oxygen atoms in total. The summed E-state index contributed by atoms with van der Waals surface area (Å²) in [6, 6.07) is 0. The van der Waals surface area contributed by atoms with Crippen LogP contribution < -0.4 is 17.0 Å². The van der Waals surface area contributed by atoms with E-state index in [2.05, 4.69) is 9.97 Å². The lowest BCUT2D eigenvalue weighted by atomic mass is 10.0. The van der Waals surface area contributed by atoms with E-state index in [9.17, 15) is 14.7 Å². The standard InChI is InChI=1S/C16H25N5O4S/c1-4-9(22)10-7-8(2)14(25-10)21-12-11(13(23)19-15(17)18-12)20(16(21)24)5-6-26-3/h8-10,14,22H,4-7H2,1-3H3,(H3,17,18,19,23)/t8-,9+,10+,14-/m1/s1. The number of fused-ring (bicyclic) bond motifs is 1. The first-order valence-corrected chi connectivity index (χ1v) is 10.1. The number of imidazole rings is 1. The van der Waals surface area contributed by atoms with Crippen molar-refractivity contribution in [2.75, 3.05) is 17.7 Å². The number of nitrogens with two attached hydrogens (primary N) is 1. The molecule has 1 aliphatic heterocycles. The van der Waals surface area contributed by atoms with Gasteiger partial charge in [0.15, 0.2) is 11.2 Å². The van der Waals surface area contributed by atoms with E-state index in [-0.39, 0.29) is 34.8 Å². The van der Waals surface area contributed by atoms with Gasteiger partial charge in [0, 0.05) is 18.2 Å². The molecule has 144 valence electrons. The maximum atomic E-state index is 13.1. The Labute approximate surface area is 154 Å². The highest BCUT2D eigenvalue weighted by Gasteiger charge is 2.39. The Hall–Kier alpha value is -1.78. The molecule has 1 saturated heterocycles. The Balaban J connectivity index is 2.15. The number of thioether (sulfide) groups is 1. The average molecular weight is 383 g/mol. The molecule has 0 bridgehead atoms. The molecular weight excluding hydrogens is 358 g/mol. The molecule has 3 heterocycles. The summed E-state index contributed by atoms with van der Waals surface area (Å²) in [6.07, 6.45) is 1.59. The van der Waals surface area contributed by atoms with Crippen molar-refractivity contribution in [1.29, 1.82) is 0 Å². The van der Waals surface area contributed by atoms with E-state index in [1.54, 1.807) is 11.8 Å². The van der Waals surface area contributed by atoms with Crippen molar-refractivity contribution in [3.63, 3.8) is 0 Å². The molecule has 0 aromatic carbocycles. The number of aromatic nitrogens is 4. The zero-order chi connectivity index (χ0) is 19.0. The molecule has 0 spiro atoms. The molecule has 26 heavy (non-hydrogen) atoms. The van der Waals surface area contributed by atoms with Gasteiger partial charge < -0.3 is 15.6 Å². The third-order valence-corrected chi connectivity index (χ3v) is 5.45. The number of H-pyrrole nitrogens is 1. The van der Waals surface area contributed by atoms with Crippen LogP contribution in [0.15, 0.2) is 9.59 Å². The number of aliphatic hydroxyl groups is 1. The van der Waals surface area contributed by atoms with Gasteiger partial charge in [-0.2, -0.15) is 16.7 Å². The van der Waals surface area contributed by atoms with Crippen molar-refractivity contribution in [2.24, 2.45) is 5.92 Å². The normalized spacial score (nSPS) is 24.4. The van der Waals surface area contributed by atoms with Crippen LogP contribution >= 0.6 is 11.8 Å². The van der Waals surface area contributed by atoms with Gasteiger partial charge in [-0.3, -0.25) is 14.3 Å². The van der Waals surface area contributed by atoms with Gasteiger partial charge in [-0.05, 0) is 19.1 Å². The van der Waals surface area contributed by atoms with Gasteiger partial charge in [-0.1, -0.05) is 13.8 Å². The second-order valence-corrected chi connectivity index (χ2v) is 7.66. The number of hydrogen-bond donors (Lipinski definition) is 3. The van der Waals surface area contributed by atoms with Crippen molar-refractivity contribution >= 4 is 28.9 Å². The van der Waals surface area contributed by atoms with E-state index >= 15 is 0 Å². The second-order valence-electron chi connectivity index (χ2n) is 6.67. The van der Waals surface area contributed by atoms with Crippen LogP contribution in [0.5, 0.6) is 0 Å². The second kappa shape index (κ2) is 7.45. The first-order valence-electron chi connectivity index (χ1n) is 8.72. The fraction of sp³-hybridized carbons (Fsp3) is 0.688. The predicted molar refractivity (Wildman–Crippen MR) is 101 cm³/mol. The molecule has 10 heteroatoms. The zero-order valence-electron chi connectivity index (χ0n) is 15.1. The van der Waals surface area contributed by atoms with E-state index < -0.39 is 17.9 Å². The minimum Gasteiger partial charge on any atom is -0.390 e. The maximum absolute atomic E-state index is 13.1. The van der Waals surface area contributed by atoms with Gasteiger partial charge in [0.1, 0.15) is 6.23 Å². The first kappa shape index (κ1) is 19.0. The number of aryl methyl sites for hydroxylation is 1. The van der Waals surface area contributed by atoms with E-state index in [1.807, 2.05) is 20.1 Å². The Morgan fingerprint density at radius 3 is 2.88 bits per heavy atom. The fourth-order valence-corrected chi connectivity index (χ4v) is 3.86. The summed E-state index contributed by atoms with van der Waals surface area (Å²) in [6.45, 7) is 4.23. The number of nitrogen functional groups attached to an aromatic ring is 1. The Kier molecular flexibility index (Phi) is 5.44. The number of rotatable bonds is 6. The van der Waals surface area contributed by atoms with Gasteiger partial charge in [0.05, 0.1) is 12.2 Å². The van der Waals surface area contributed by atoms with Crippen LogP contribution in [0.3, 0.4) is 0 Å². The SMILES string of the molecule is CC[C@H](O)[C@@H]1C[C@@H](C)[C@H](n2c(=O)n(CCSC)c3c(=O)[nH]c(N)nc32)O1. The number of aromatic amines is 1. The van der Waals surface area contributed by atoms with Gasteiger partial charge in [-0.15, -0.1) is 0 Å². The van der Waals surface area contributed by atoms with Crippen LogP contribution in [-0.4, -0.2) is 48.4 Å². The predicted octanol–water partition coefficient (Wildman–Crippen LogP) is 0.526. The lowest BCUT2D eigenvalue weighted by Crippen LogP contribution is -2.31. The fourth-order valence-electron chi connectivity index (χ4n) is 3.50. The third-order valence-electron chi connectivity index (χ3n) is 4.86. The van der Waals surface area contributed by atoms with Crippen molar-refractivity contribution in [3.05, 3.63) is 20.8 Å². The maximum Gasteiger partial charge on any atom is 0.332 e. The monoisotopic (exact) mass is 383 g/mol. The molecule has 1 aliphatic rings. The van der Waals surface area contributed by atoms with Crippen LogP contribution in [0, 0.1) is 5.92 Å². The van der Waals surface area contributed by atoms with Crippen LogP contribution in [0.25, 0.3) is 11.2 Å². The molecule has 3 rings (SSSR count). The molecular formula is C16H25N5O4S. The van der Waals surface area contributed by atoms with Crippen molar-refractivity contribution < 1.29 is 9.84 Å². The summed E-state index contributed by atoms with van der Waals surface area (Å²) in [5.74, 6) is 0.621. The van der Waals surface area contributed by atoms with Crippen molar-refractivity contribution in [3.8, 4) is 0 Å². The number of nitrogens with zero attached hydrogens (tertiary/aromatic N) is 3. The summed E-state index contributed by atoms with van der Waals surface area (Å²) in [5, 5.41) is 10.1. The van der Waals surface area contributed by atoms with E-state index in [1.165, 1.54) is 9.13 Å². The summed E-state index contributed by atoms with van der Waals surface area (Å²) >= 11 is 1.58. The minimum atomic E-state index is -0.597. The number of hydrogen-bond acceptors (Lipinski definition) is 7. The molecule has 0 saturated carbocycles. The number of ether oxygens (including phenoxy) is 1. The lowest BCUT2D eigenvalue weighted by Gasteiger charge is -2.19. The molecule has 0 aliphatic carbocycles. The summed E-state index contributed by atoms with van der Waals surface area (Å²) < 4.78 is 8.84. The van der Waals surface area contributed by atoms with Gasteiger partial charge in [0.2, 0.25) is 5.95 Å². The molecule has 1 fully saturated rings. The Bertz CT molecular complexity index is 904. The van der Waals surface area contributed by atoms with Crippen molar-refractivity contribution in [1.82, 2.24) is 19.1 Å². The van der Waals surface area contributed by atoms with Gasteiger partial charge in [-0.25, -0.2) is 9.36 Å².